The first-order chi connectivity index (χ1) is 12.8. The molecular formula is C16H14F3N5O3. The third kappa shape index (κ3) is 3.91. The highest BCUT2D eigenvalue weighted by Gasteiger charge is 2.37. The molecule has 1 aromatic carbocycles. The molecule has 0 aliphatic heterocycles. The standard InChI is InChI=1S/C16H14F3N5O3/c1-23-14(16(17,18)19)21-24(15(23)26)8-7-20-13(25)11-9-12(27-22-11)10-5-3-2-4-6-10/h2-6,9H,7-8H2,1H3,(H,20,25). The van der Waals surface area contributed by atoms with E-state index < -0.39 is 23.6 Å². The first-order valence-corrected chi connectivity index (χ1v) is 7.78. The third-order valence-electron chi connectivity index (χ3n) is 3.70. The Morgan fingerprint density at radius 1 is 1.26 bits per heavy atom. The van der Waals surface area contributed by atoms with Crippen molar-refractivity contribution >= 4 is 5.91 Å². The molecule has 0 saturated heterocycles. The maximum absolute atomic E-state index is 12.7. The van der Waals surface area contributed by atoms with E-state index in [0.717, 1.165) is 12.6 Å². The van der Waals surface area contributed by atoms with Crippen LogP contribution in [-0.2, 0) is 19.8 Å². The molecule has 1 amide bonds. The van der Waals surface area contributed by atoms with E-state index in [1.165, 1.54) is 6.07 Å². The van der Waals surface area contributed by atoms with Crippen LogP contribution in [0.25, 0.3) is 11.3 Å². The van der Waals surface area contributed by atoms with Crippen LogP contribution in [0.5, 0.6) is 0 Å². The van der Waals surface area contributed by atoms with Gasteiger partial charge in [0.2, 0.25) is 5.82 Å². The Bertz CT molecular complexity index is 1000. The Balaban J connectivity index is 1.63. The zero-order chi connectivity index (χ0) is 19.6. The van der Waals surface area contributed by atoms with Crippen LogP contribution in [0, 0.1) is 0 Å². The van der Waals surface area contributed by atoms with Crippen LogP contribution in [0.2, 0.25) is 0 Å². The number of rotatable bonds is 5. The summed E-state index contributed by atoms with van der Waals surface area (Å²) in [6.07, 6.45) is -4.74. The number of amides is 1. The first kappa shape index (κ1) is 18.4. The summed E-state index contributed by atoms with van der Waals surface area (Å²) in [6, 6.07) is 10.5. The van der Waals surface area contributed by atoms with Crippen LogP contribution >= 0.6 is 0 Å². The Kier molecular flexibility index (Phi) is 4.84. The van der Waals surface area contributed by atoms with E-state index in [2.05, 4.69) is 15.6 Å². The monoisotopic (exact) mass is 381 g/mol. The van der Waals surface area contributed by atoms with Gasteiger partial charge in [-0.15, -0.1) is 5.10 Å². The number of hydrogen-bond donors (Lipinski definition) is 1. The summed E-state index contributed by atoms with van der Waals surface area (Å²) >= 11 is 0. The maximum atomic E-state index is 12.7. The number of aromatic nitrogens is 4. The van der Waals surface area contributed by atoms with Crippen molar-refractivity contribution in [1.82, 2.24) is 24.8 Å². The molecule has 0 unspecified atom stereocenters. The average Bonchev–Trinajstić information content (AvgIpc) is 3.23. The van der Waals surface area contributed by atoms with Crippen LogP contribution in [0.1, 0.15) is 16.3 Å². The van der Waals surface area contributed by atoms with Crippen molar-refractivity contribution in [2.75, 3.05) is 6.54 Å². The van der Waals surface area contributed by atoms with E-state index in [4.69, 9.17) is 4.52 Å². The summed E-state index contributed by atoms with van der Waals surface area (Å²) in [4.78, 5) is 23.8. The van der Waals surface area contributed by atoms with Crippen LogP contribution in [-0.4, -0.2) is 32.0 Å². The molecule has 2 heterocycles. The van der Waals surface area contributed by atoms with Crippen molar-refractivity contribution in [3.63, 3.8) is 0 Å². The Morgan fingerprint density at radius 3 is 2.59 bits per heavy atom. The summed E-state index contributed by atoms with van der Waals surface area (Å²) in [5.74, 6) is -1.49. The quantitative estimate of drug-likeness (QED) is 0.726. The van der Waals surface area contributed by atoms with Gasteiger partial charge in [0.05, 0.1) is 6.54 Å². The zero-order valence-corrected chi connectivity index (χ0v) is 14.0. The molecular weight excluding hydrogens is 367 g/mol. The largest absolute Gasteiger partial charge is 0.451 e. The number of benzene rings is 1. The molecule has 1 N–H and O–H groups in total. The Hall–Kier alpha value is -3.37. The number of alkyl halides is 3. The first-order valence-electron chi connectivity index (χ1n) is 7.78. The molecule has 0 spiro atoms. The number of nitrogens with zero attached hydrogens (tertiary/aromatic N) is 4. The van der Waals surface area contributed by atoms with Gasteiger partial charge in [-0.1, -0.05) is 35.5 Å². The molecule has 3 rings (SSSR count). The molecule has 0 fully saturated rings. The van der Waals surface area contributed by atoms with Gasteiger partial charge >= 0.3 is 11.9 Å². The predicted molar refractivity (Wildman–Crippen MR) is 86.7 cm³/mol. The SMILES string of the molecule is Cn1c(C(F)(F)F)nn(CCNC(=O)c2cc(-c3ccccc3)on2)c1=O. The minimum Gasteiger partial charge on any atom is -0.355 e. The minimum absolute atomic E-state index is 0.0122. The third-order valence-corrected chi connectivity index (χ3v) is 3.70. The molecule has 0 bridgehead atoms. The fourth-order valence-corrected chi connectivity index (χ4v) is 2.37. The van der Waals surface area contributed by atoms with E-state index >= 15 is 0 Å². The molecule has 142 valence electrons. The van der Waals surface area contributed by atoms with Crippen LogP contribution < -0.4 is 11.0 Å². The highest BCUT2D eigenvalue weighted by Crippen LogP contribution is 2.26. The summed E-state index contributed by atoms with van der Waals surface area (Å²) in [5.41, 5.74) is -0.175. The van der Waals surface area contributed by atoms with Crippen molar-refractivity contribution in [3.8, 4) is 11.3 Å². The van der Waals surface area contributed by atoms with Crippen LogP contribution in [0.15, 0.2) is 45.7 Å². The molecule has 0 aliphatic carbocycles. The van der Waals surface area contributed by atoms with Crippen molar-refractivity contribution in [2.45, 2.75) is 12.7 Å². The molecule has 0 radical (unpaired) electrons. The van der Waals surface area contributed by atoms with Crippen LogP contribution in [0.4, 0.5) is 13.2 Å². The molecule has 3 aromatic rings. The van der Waals surface area contributed by atoms with Gasteiger partial charge < -0.3 is 9.84 Å². The number of carbonyl (C=O) groups is 1. The van der Waals surface area contributed by atoms with Gasteiger partial charge in [-0.25, -0.2) is 9.48 Å². The molecule has 0 atom stereocenters. The second kappa shape index (κ2) is 7.09. The summed E-state index contributed by atoms with van der Waals surface area (Å²) in [6.45, 7) is -0.335. The smallest absolute Gasteiger partial charge is 0.355 e. The Morgan fingerprint density at radius 2 is 1.96 bits per heavy atom. The lowest BCUT2D eigenvalue weighted by Crippen LogP contribution is -2.32. The molecule has 2 aromatic heterocycles. The second-order valence-corrected chi connectivity index (χ2v) is 5.58. The summed E-state index contributed by atoms with van der Waals surface area (Å²) < 4.78 is 44.4. The predicted octanol–water partition coefficient (Wildman–Crippen LogP) is 1.69. The van der Waals surface area contributed by atoms with E-state index in [-0.39, 0.29) is 18.8 Å². The lowest BCUT2D eigenvalue weighted by atomic mass is 10.1. The molecule has 27 heavy (non-hydrogen) atoms. The zero-order valence-electron chi connectivity index (χ0n) is 14.0. The van der Waals surface area contributed by atoms with E-state index in [9.17, 15) is 22.8 Å². The van der Waals surface area contributed by atoms with Gasteiger partial charge in [-0.2, -0.15) is 13.2 Å². The van der Waals surface area contributed by atoms with Gasteiger partial charge in [0, 0.05) is 25.2 Å². The average molecular weight is 381 g/mol. The fourth-order valence-electron chi connectivity index (χ4n) is 2.37. The topological polar surface area (TPSA) is 95.0 Å². The maximum Gasteiger partial charge on any atom is 0.451 e. The summed E-state index contributed by atoms with van der Waals surface area (Å²) in [5, 5.41) is 9.37. The summed E-state index contributed by atoms with van der Waals surface area (Å²) in [7, 11) is 0.980. The van der Waals surface area contributed by atoms with E-state index in [0.29, 0.717) is 15.0 Å². The van der Waals surface area contributed by atoms with Crippen molar-refractivity contribution < 1.29 is 22.5 Å². The molecule has 0 saturated carbocycles. The molecule has 8 nitrogen and oxygen atoms in total. The van der Waals surface area contributed by atoms with Crippen molar-refractivity contribution in [2.24, 2.45) is 7.05 Å². The van der Waals surface area contributed by atoms with Gasteiger partial charge in [-0.05, 0) is 0 Å². The van der Waals surface area contributed by atoms with E-state index in [1.807, 2.05) is 6.07 Å². The van der Waals surface area contributed by atoms with E-state index in [1.54, 1.807) is 24.3 Å². The van der Waals surface area contributed by atoms with Gasteiger partial charge in [-0.3, -0.25) is 9.36 Å². The lowest BCUT2D eigenvalue weighted by molar-refractivity contribution is -0.147. The van der Waals surface area contributed by atoms with Gasteiger partial charge in [0.25, 0.3) is 5.91 Å². The number of nitrogens with one attached hydrogen (secondary N) is 1. The fraction of sp³-hybridized carbons (Fsp3) is 0.250. The minimum atomic E-state index is -4.74. The molecule has 11 heteroatoms. The normalized spacial score (nSPS) is 11.6. The number of hydrogen-bond acceptors (Lipinski definition) is 5. The highest BCUT2D eigenvalue weighted by molar-refractivity contribution is 5.93. The van der Waals surface area contributed by atoms with Crippen molar-refractivity contribution in [1.29, 1.82) is 0 Å². The van der Waals surface area contributed by atoms with Gasteiger partial charge in [0.1, 0.15) is 0 Å². The van der Waals surface area contributed by atoms with Crippen molar-refractivity contribution in [3.05, 3.63) is 58.4 Å². The molecule has 0 aliphatic rings. The highest BCUT2D eigenvalue weighted by atomic mass is 19.4. The number of carbonyl (C=O) groups excluding carboxylic acids is 1. The lowest BCUT2D eigenvalue weighted by Gasteiger charge is -2.03. The van der Waals surface area contributed by atoms with Crippen LogP contribution in [0.3, 0.4) is 0 Å². The van der Waals surface area contributed by atoms with Gasteiger partial charge in [0.15, 0.2) is 11.5 Å². The Labute approximate surface area is 150 Å². The second-order valence-electron chi connectivity index (χ2n) is 5.58. The number of halogens is 3.